The van der Waals surface area contributed by atoms with E-state index in [1.807, 2.05) is 13.0 Å². The van der Waals surface area contributed by atoms with E-state index in [1.165, 1.54) is 6.92 Å². The molecular weight excluding hydrogens is 318 g/mol. The molecule has 0 spiro atoms. The molecule has 0 atom stereocenters. The van der Waals surface area contributed by atoms with Gasteiger partial charge in [0.15, 0.2) is 5.78 Å². The lowest BCUT2D eigenvalue weighted by Gasteiger charge is -2.11. The summed E-state index contributed by atoms with van der Waals surface area (Å²) in [7, 11) is 0. The molecule has 0 bridgehead atoms. The van der Waals surface area contributed by atoms with Gasteiger partial charge in [0.25, 0.3) is 0 Å². The van der Waals surface area contributed by atoms with Gasteiger partial charge in [0.2, 0.25) is 0 Å². The number of hydrogen-bond acceptors (Lipinski definition) is 4. The van der Waals surface area contributed by atoms with Crippen LogP contribution in [0.25, 0.3) is 11.3 Å². The molecule has 2 aromatic rings. The number of nitrogens with zero attached hydrogens (tertiary/aromatic N) is 2. The molecule has 1 heterocycles. The topological polar surface area (TPSA) is 79.8 Å². The first-order chi connectivity index (χ1) is 9.45. The Hall–Kier alpha value is -2.19. The predicted octanol–water partition coefficient (Wildman–Crippen LogP) is 3.48. The largest absolute Gasteiger partial charge is 0.383 e. The van der Waals surface area contributed by atoms with Crippen LogP contribution in [0.4, 0.5) is 5.82 Å². The normalized spacial score (nSPS) is 10.1. The summed E-state index contributed by atoms with van der Waals surface area (Å²) in [4.78, 5) is 15.8. The van der Waals surface area contributed by atoms with Crippen LogP contribution in [0.15, 0.2) is 28.7 Å². The highest BCUT2D eigenvalue weighted by atomic mass is 79.9. The van der Waals surface area contributed by atoms with Gasteiger partial charge in [-0.1, -0.05) is 12.1 Å². The van der Waals surface area contributed by atoms with Crippen LogP contribution in [0.1, 0.15) is 28.4 Å². The molecule has 0 fully saturated rings. The molecule has 20 heavy (non-hydrogen) atoms. The molecule has 0 aliphatic carbocycles. The van der Waals surface area contributed by atoms with Crippen molar-refractivity contribution in [2.45, 2.75) is 13.8 Å². The van der Waals surface area contributed by atoms with Crippen LogP contribution < -0.4 is 5.73 Å². The van der Waals surface area contributed by atoms with Crippen molar-refractivity contribution in [3.8, 4) is 17.3 Å². The number of anilines is 1. The van der Waals surface area contributed by atoms with Gasteiger partial charge in [-0.25, -0.2) is 4.98 Å². The van der Waals surface area contributed by atoms with E-state index in [4.69, 9.17) is 11.0 Å². The van der Waals surface area contributed by atoms with Crippen molar-refractivity contribution in [2.75, 3.05) is 5.73 Å². The van der Waals surface area contributed by atoms with Crippen LogP contribution >= 0.6 is 15.9 Å². The zero-order chi connectivity index (χ0) is 14.9. The second-order valence-corrected chi connectivity index (χ2v) is 5.25. The molecule has 1 aromatic heterocycles. The molecule has 0 saturated heterocycles. The zero-order valence-corrected chi connectivity index (χ0v) is 12.7. The third-order valence-corrected chi connectivity index (χ3v) is 3.70. The number of ketones is 1. The summed E-state index contributed by atoms with van der Waals surface area (Å²) < 4.78 is 0.676. The fourth-order valence-electron chi connectivity index (χ4n) is 1.99. The van der Waals surface area contributed by atoms with E-state index in [9.17, 15) is 4.79 Å². The van der Waals surface area contributed by atoms with Crippen molar-refractivity contribution < 1.29 is 4.79 Å². The second kappa shape index (κ2) is 5.43. The molecule has 2 rings (SSSR count). The lowest BCUT2D eigenvalue weighted by atomic mass is 9.99. The molecule has 0 aliphatic rings. The molecular formula is C15H12BrN3O. The maximum atomic E-state index is 11.4. The summed E-state index contributed by atoms with van der Waals surface area (Å²) in [5.41, 5.74) is 9.08. The highest BCUT2D eigenvalue weighted by Crippen LogP contribution is 2.32. The number of rotatable bonds is 2. The molecule has 100 valence electrons. The maximum absolute atomic E-state index is 11.4. The van der Waals surface area contributed by atoms with Crippen molar-refractivity contribution in [1.29, 1.82) is 5.26 Å². The first kappa shape index (κ1) is 14.2. The standard InChI is InChI=1S/C15H12BrN3O/c1-8-10(7-17)4-3-5-11(8)14-13(16)6-12(9(2)20)15(18)19-14/h3-6H,1-2H3,(H2,18,19). The smallest absolute Gasteiger partial charge is 0.163 e. The molecule has 0 saturated carbocycles. The predicted molar refractivity (Wildman–Crippen MR) is 81.2 cm³/mol. The average Bonchev–Trinajstić information content (AvgIpc) is 2.41. The molecule has 0 amide bonds. The van der Waals surface area contributed by atoms with Gasteiger partial charge in [0.1, 0.15) is 5.82 Å². The van der Waals surface area contributed by atoms with Gasteiger partial charge in [-0.2, -0.15) is 5.26 Å². The van der Waals surface area contributed by atoms with Crippen molar-refractivity contribution in [1.82, 2.24) is 4.98 Å². The third-order valence-electron chi connectivity index (χ3n) is 3.09. The van der Waals surface area contributed by atoms with Crippen LogP contribution in [0, 0.1) is 18.3 Å². The van der Waals surface area contributed by atoms with Gasteiger partial charge >= 0.3 is 0 Å². The third kappa shape index (κ3) is 2.43. The van der Waals surface area contributed by atoms with Crippen molar-refractivity contribution >= 4 is 27.5 Å². The summed E-state index contributed by atoms with van der Waals surface area (Å²) in [6.45, 7) is 3.30. The lowest BCUT2D eigenvalue weighted by Crippen LogP contribution is -2.04. The first-order valence-electron chi connectivity index (χ1n) is 5.92. The summed E-state index contributed by atoms with van der Waals surface area (Å²) in [6, 6.07) is 9.22. The Morgan fingerprint density at radius 2 is 2.15 bits per heavy atom. The number of pyridine rings is 1. The number of hydrogen-bond donors (Lipinski definition) is 1. The lowest BCUT2D eigenvalue weighted by molar-refractivity contribution is 0.101. The Morgan fingerprint density at radius 3 is 2.75 bits per heavy atom. The number of nitrogens with two attached hydrogens (primary N) is 1. The number of nitrogen functional groups attached to an aromatic ring is 1. The fourth-order valence-corrected chi connectivity index (χ4v) is 2.52. The van der Waals surface area contributed by atoms with Crippen LogP contribution in [0.5, 0.6) is 0 Å². The monoisotopic (exact) mass is 329 g/mol. The molecule has 2 N–H and O–H groups in total. The van der Waals surface area contributed by atoms with Gasteiger partial charge < -0.3 is 5.73 Å². The molecule has 4 nitrogen and oxygen atoms in total. The van der Waals surface area contributed by atoms with Crippen LogP contribution in [-0.4, -0.2) is 10.8 Å². The van der Waals surface area contributed by atoms with Gasteiger partial charge in [0.05, 0.1) is 22.9 Å². The molecule has 0 aliphatic heterocycles. The minimum atomic E-state index is -0.134. The number of benzene rings is 1. The van der Waals surface area contributed by atoms with E-state index >= 15 is 0 Å². The number of halogens is 1. The van der Waals surface area contributed by atoms with Crippen molar-refractivity contribution in [3.63, 3.8) is 0 Å². The van der Waals surface area contributed by atoms with Crippen molar-refractivity contribution in [3.05, 3.63) is 45.4 Å². The SMILES string of the molecule is CC(=O)c1cc(Br)c(-c2cccc(C#N)c2C)nc1N. The summed E-state index contributed by atoms with van der Waals surface area (Å²) in [5.74, 6) is 0.0576. The number of aromatic nitrogens is 1. The number of carbonyl (C=O) groups excluding carboxylic acids is 1. The van der Waals surface area contributed by atoms with E-state index in [0.717, 1.165) is 11.1 Å². The Morgan fingerprint density at radius 1 is 1.45 bits per heavy atom. The zero-order valence-electron chi connectivity index (χ0n) is 11.1. The Balaban J connectivity index is 2.69. The fraction of sp³-hybridized carbons (Fsp3) is 0.133. The van der Waals surface area contributed by atoms with E-state index in [-0.39, 0.29) is 11.6 Å². The Bertz CT molecular complexity index is 748. The van der Waals surface area contributed by atoms with Gasteiger partial charge in [-0.15, -0.1) is 0 Å². The highest BCUT2D eigenvalue weighted by molar-refractivity contribution is 9.10. The van der Waals surface area contributed by atoms with E-state index in [2.05, 4.69) is 27.0 Å². The van der Waals surface area contributed by atoms with Gasteiger partial charge in [0, 0.05) is 10.0 Å². The second-order valence-electron chi connectivity index (χ2n) is 4.40. The minimum absolute atomic E-state index is 0.134. The quantitative estimate of drug-likeness (QED) is 0.855. The highest BCUT2D eigenvalue weighted by Gasteiger charge is 2.15. The summed E-state index contributed by atoms with van der Waals surface area (Å²) >= 11 is 3.41. The van der Waals surface area contributed by atoms with Crippen molar-refractivity contribution in [2.24, 2.45) is 0 Å². The molecule has 0 unspecified atom stereocenters. The maximum Gasteiger partial charge on any atom is 0.163 e. The first-order valence-corrected chi connectivity index (χ1v) is 6.72. The molecule has 1 aromatic carbocycles. The number of nitriles is 1. The summed E-state index contributed by atoms with van der Waals surface area (Å²) in [6.07, 6.45) is 0. The number of Topliss-reactive ketones (excluding diaryl/α,β-unsaturated/α-hetero) is 1. The van der Waals surface area contributed by atoms with Gasteiger partial charge in [-0.05, 0) is 47.5 Å². The molecule has 5 heteroatoms. The van der Waals surface area contributed by atoms with Crippen LogP contribution in [-0.2, 0) is 0 Å². The van der Waals surface area contributed by atoms with Gasteiger partial charge in [-0.3, -0.25) is 4.79 Å². The Kier molecular flexibility index (Phi) is 3.86. The van der Waals surface area contributed by atoms with E-state index in [0.29, 0.717) is 21.3 Å². The number of carbonyl (C=O) groups is 1. The van der Waals surface area contributed by atoms with Crippen LogP contribution in [0.2, 0.25) is 0 Å². The van der Waals surface area contributed by atoms with E-state index < -0.39 is 0 Å². The molecule has 0 radical (unpaired) electrons. The van der Waals surface area contributed by atoms with Crippen LogP contribution in [0.3, 0.4) is 0 Å². The summed E-state index contributed by atoms with van der Waals surface area (Å²) in [5, 5.41) is 9.08. The minimum Gasteiger partial charge on any atom is -0.383 e. The van der Waals surface area contributed by atoms with E-state index in [1.54, 1.807) is 18.2 Å². The average molecular weight is 330 g/mol. The Labute approximate surface area is 125 Å².